The number of carbonyl (C=O) groups excluding carboxylic acids is 2. The third-order valence-electron chi connectivity index (χ3n) is 6.40. The SMILES string of the molecule is CC(C)(C)OC(=O)N1Cc2ccc(-n3nc(C(C)(C)C)cc3NC(=O)Nc3cccc(Cl)c3Cl)cc2CC1C(=O)O. The molecule has 1 aliphatic rings. The molecule has 3 aromatic rings. The lowest BCUT2D eigenvalue weighted by Gasteiger charge is -2.35. The fourth-order valence-corrected chi connectivity index (χ4v) is 4.68. The zero-order valence-corrected chi connectivity index (χ0v) is 25.2. The monoisotopic (exact) mass is 601 g/mol. The first-order valence-corrected chi connectivity index (χ1v) is 13.8. The second-order valence-corrected chi connectivity index (χ2v) is 12.7. The Hall–Kier alpha value is -3.76. The van der Waals surface area contributed by atoms with Crippen molar-refractivity contribution in [3.8, 4) is 5.69 Å². The van der Waals surface area contributed by atoms with Crippen LogP contribution in [0.2, 0.25) is 10.0 Å². The molecule has 0 saturated carbocycles. The van der Waals surface area contributed by atoms with E-state index in [1.54, 1.807) is 49.7 Å². The summed E-state index contributed by atoms with van der Waals surface area (Å²) in [5.74, 6) is -0.730. The third-order valence-corrected chi connectivity index (χ3v) is 7.22. The van der Waals surface area contributed by atoms with Crippen molar-refractivity contribution in [2.45, 2.75) is 71.6 Å². The van der Waals surface area contributed by atoms with E-state index in [-0.39, 0.29) is 23.4 Å². The zero-order valence-electron chi connectivity index (χ0n) is 23.7. The fourth-order valence-electron chi connectivity index (χ4n) is 4.34. The van der Waals surface area contributed by atoms with Crippen molar-refractivity contribution in [2.24, 2.45) is 0 Å². The molecule has 1 aliphatic heterocycles. The van der Waals surface area contributed by atoms with Crippen LogP contribution < -0.4 is 10.6 Å². The number of fused-ring (bicyclic) bond motifs is 1. The molecule has 0 saturated heterocycles. The number of anilines is 2. The van der Waals surface area contributed by atoms with E-state index in [1.165, 1.54) is 4.90 Å². The van der Waals surface area contributed by atoms with E-state index < -0.39 is 29.7 Å². The molecule has 218 valence electrons. The Kier molecular flexibility index (Phi) is 8.29. The fraction of sp³-hybridized carbons (Fsp3) is 0.379. The Balaban J connectivity index is 1.66. The van der Waals surface area contributed by atoms with Crippen LogP contribution in [0.25, 0.3) is 5.69 Å². The molecule has 0 spiro atoms. The highest BCUT2D eigenvalue weighted by molar-refractivity contribution is 6.44. The Morgan fingerprint density at radius 2 is 1.71 bits per heavy atom. The minimum absolute atomic E-state index is 0.0850. The number of hydrogen-bond donors (Lipinski definition) is 3. The van der Waals surface area contributed by atoms with E-state index in [0.29, 0.717) is 22.2 Å². The van der Waals surface area contributed by atoms with Gasteiger partial charge in [-0.3, -0.25) is 10.2 Å². The molecule has 1 aromatic heterocycles. The topological polar surface area (TPSA) is 126 Å². The molecule has 4 rings (SSSR count). The largest absolute Gasteiger partial charge is 0.480 e. The highest BCUT2D eigenvalue weighted by atomic mass is 35.5. The van der Waals surface area contributed by atoms with Gasteiger partial charge in [-0.2, -0.15) is 5.10 Å². The Bertz CT molecular complexity index is 1510. The quantitative estimate of drug-likeness (QED) is 0.299. The van der Waals surface area contributed by atoms with E-state index in [4.69, 9.17) is 33.0 Å². The number of carboxylic acid groups (broad SMARTS) is 1. The second-order valence-electron chi connectivity index (χ2n) is 11.9. The minimum atomic E-state index is -1.13. The van der Waals surface area contributed by atoms with Gasteiger partial charge in [0.15, 0.2) is 0 Å². The molecule has 1 unspecified atom stereocenters. The van der Waals surface area contributed by atoms with Crippen molar-refractivity contribution in [3.05, 3.63) is 69.3 Å². The van der Waals surface area contributed by atoms with Crippen molar-refractivity contribution in [1.82, 2.24) is 14.7 Å². The lowest BCUT2D eigenvalue weighted by atomic mass is 9.92. The van der Waals surface area contributed by atoms with Gasteiger partial charge in [0.2, 0.25) is 0 Å². The van der Waals surface area contributed by atoms with Gasteiger partial charge in [0.1, 0.15) is 17.5 Å². The van der Waals surface area contributed by atoms with Crippen LogP contribution in [0.1, 0.15) is 58.4 Å². The number of amides is 3. The number of aliphatic carboxylic acids is 1. The summed E-state index contributed by atoms with van der Waals surface area (Å²) in [5, 5.41) is 20.7. The highest BCUT2D eigenvalue weighted by Crippen LogP contribution is 2.32. The number of nitrogens with one attached hydrogen (secondary N) is 2. The lowest BCUT2D eigenvalue weighted by molar-refractivity contribution is -0.143. The molecular weight excluding hydrogens is 569 g/mol. The lowest BCUT2D eigenvalue weighted by Crippen LogP contribution is -2.50. The summed E-state index contributed by atoms with van der Waals surface area (Å²) in [4.78, 5) is 39.1. The van der Waals surface area contributed by atoms with E-state index in [9.17, 15) is 19.5 Å². The average molecular weight is 603 g/mol. The number of urea groups is 1. The van der Waals surface area contributed by atoms with Gasteiger partial charge >= 0.3 is 18.1 Å². The molecule has 0 aliphatic carbocycles. The van der Waals surface area contributed by atoms with Crippen LogP contribution in [0, 0.1) is 0 Å². The molecule has 41 heavy (non-hydrogen) atoms. The average Bonchev–Trinajstić information content (AvgIpc) is 3.28. The minimum Gasteiger partial charge on any atom is -0.480 e. The summed E-state index contributed by atoms with van der Waals surface area (Å²) in [6.45, 7) is 11.3. The van der Waals surface area contributed by atoms with Crippen LogP contribution in [0.15, 0.2) is 42.5 Å². The predicted molar refractivity (Wildman–Crippen MR) is 158 cm³/mol. The maximum Gasteiger partial charge on any atom is 0.411 e. The Labute approximate surface area is 248 Å². The van der Waals surface area contributed by atoms with Gasteiger partial charge < -0.3 is 15.2 Å². The zero-order chi connectivity index (χ0) is 30.3. The summed E-state index contributed by atoms with van der Waals surface area (Å²) < 4.78 is 7.05. The maximum absolute atomic E-state index is 13.0. The van der Waals surface area contributed by atoms with Gasteiger partial charge in [0, 0.05) is 17.9 Å². The number of benzene rings is 2. The number of nitrogens with zero attached hydrogens (tertiary/aromatic N) is 3. The molecule has 12 heteroatoms. The first-order valence-electron chi connectivity index (χ1n) is 13.0. The van der Waals surface area contributed by atoms with Crippen LogP contribution in [0.5, 0.6) is 0 Å². The van der Waals surface area contributed by atoms with E-state index in [0.717, 1.165) is 16.8 Å². The number of carbonyl (C=O) groups is 3. The summed E-state index contributed by atoms with van der Waals surface area (Å²) in [6.07, 6.45) is -0.597. The van der Waals surface area contributed by atoms with E-state index >= 15 is 0 Å². The van der Waals surface area contributed by atoms with Crippen molar-refractivity contribution in [3.63, 3.8) is 0 Å². The van der Waals surface area contributed by atoms with Crippen molar-refractivity contribution >= 4 is 52.8 Å². The Morgan fingerprint density at radius 1 is 1.00 bits per heavy atom. The number of halogens is 2. The molecule has 0 radical (unpaired) electrons. The van der Waals surface area contributed by atoms with Crippen molar-refractivity contribution in [1.29, 1.82) is 0 Å². The second kappa shape index (κ2) is 11.3. The van der Waals surface area contributed by atoms with Crippen LogP contribution in [-0.4, -0.2) is 49.5 Å². The number of aromatic nitrogens is 2. The first kappa shape index (κ1) is 30.2. The summed E-state index contributed by atoms with van der Waals surface area (Å²) in [5.41, 5.74) is 2.15. The molecule has 3 N–H and O–H groups in total. The third kappa shape index (κ3) is 6.94. The maximum atomic E-state index is 13.0. The molecule has 0 fully saturated rings. The van der Waals surface area contributed by atoms with Gasteiger partial charge in [-0.25, -0.2) is 19.1 Å². The Morgan fingerprint density at radius 3 is 2.34 bits per heavy atom. The predicted octanol–water partition coefficient (Wildman–Crippen LogP) is 6.87. The number of hydrogen-bond acceptors (Lipinski definition) is 5. The molecule has 2 aromatic carbocycles. The van der Waals surface area contributed by atoms with E-state index in [1.807, 2.05) is 39.0 Å². The molecular formula is C29H33Cl2N5O5. The summed E-state index contributed by atoms with van der Waals surface area (Å²) in [7, 11) is 0. The smallest absolute Gasteiger partial charge is 0.411 e. The van der Waals surface area contributed by atoms with Crippen LogP contribution >= 0.6 is 23.2 Å². The normalized spacial score (nSPS) is 15.2. The standard InChI is InChI=1S/C29H33Cl2N5O5/c1-28(2,3)22-14-23(33-26(39)32-20-9-7-8-19(30)24(20)31)36(34-22)18-11-10-16-15-35(27(40)41-29(4,5)6)21(25(37)38)13-17(16)12-18/h7-12,14,21H,13,15H2,1-6H3,(H,37,38)(H2,32,33,39). The molecule has 2 heterocycles. The highest BCUT2D eigenvalue weighted by Gasteiger charge is 2.37. The van der Waals surface area contributed by atoms with Crippen LogP contribution in [0.3, 0.4) is 0 Å². The van der Waals surface area contributed by atoms with Crippen molar-refractivity contribution in [2.75, 3.05) is 10.6 Å². The molecule has 0 bridgehead atoms. The van der Waals surface area contributed by atoms with Gasteiger partial charge in [0.25, 0.3) is 0 Å². The van der Waals surface area contributed by atoms with Crippen molar-refractivity contribution < 1.29 is 24.2 Å². The first-order chi connectivity index (χ1) is 19.0. The number of carboxylic acids is 1. The number of ether oxygens (including phenoxy) is 1. The van der Waals surface area contributed by atoms with Gasteiger partial charge in [-0.05, 0) is 56.2 Å². The van der Waals surface area contributed by atoms with E-state index in [2.05, 4.69) is 10.6 Å². The number of rotatable bonds is 4. The van der Waals surface area contributed by atoms with Crippen LogP contribution in [-0.2, 0) is 27.9 Å². The summed E-state index contributed by atoms with van der Waals surface area (Å²) in [6, 6.07) is 10.5. The van der Waals surface area contributed by atoms with Crippen LogP contribution in [0.4, 0.5) is 21.1 Å². The molecule has 3 amide bonds. The van der Waals surface area contributed by atoms with Gasteiger partial charge in [-0.15, -0.1) is 0 Å². The van der Waals surface area contributed by atoms with Gasteiger partial charge in [0.05, 0.1) is 33.7 Å². The summed E-state index contributed by atoms with van der Waals surface area (Å²) >= 11 is 12.3. The van der Waals surface area contributed by atoms with Gasteiger partial charge in [-0.1, -0.05) is 56.1 Å². The molecule has 10 nitrogen and oxygen atoms in total. The molecule has 1 atom stereocenters.